The van der Waals surface area contributed by atoms with Crippen LogP contribution >= 0.6 is 11.8 Å². The van der Waals surface area contributed by atoms with Crippen LogP contribution in [0.1, 0.15) is 25.8 Å². The zero-order chi connectivity index (χ0) is 13.2. The van der Waals surface area contributed by atoms with Crippen molar-refractivity contribution in [2.75, 3.05) is 6.61 Å². The Morgan fingerprint density at radius 1 is 1.21 bits per heavy atom. The average molecular weight is 278 g/mol. The van der Waals surface area contributed by atoms with Gasteiger partial charge in [-0.25, -0.2) is 0 Å². The third-order valence-corrected chi connectivity index (χ3v) is 3.38. The fraction of sp³-hybridized carbons (Fsp3) is 0.385. The molecule has 0 N–H and O–H groups in total. The summed E-state index contributed by atoms with van der Waals surface area (Å²) in [4.78, 5) is 0. The molecule has 1 aliphatic rings. The number of fused-ring (bicyclic) bond motifs is 1. The van der Waals surface area contributed by atoms with Crippen molar-refractivity contribution in [3.8, 4) is 11.5 Å². The summed E-state index contributed by atoms with van der Waals surface area (Å²) in [5.74, 6) is 1.91. The maximum atomic E-state index is 5.81. The van der Waals surface area contributed by atoms with E-state index in [0.29, 0.717) is 28.7 Å². The molecular formula is C13H14N2O3S. The first kappa shape index (κ1) is 12.3. The van der Waals surface area contributed by atoms with E-state index in [2.05, 4.69) is 24.0 Å². The summed E-state index contributed by atoms with van der Waals surface area (Å²) in [6.07, 6.45) is -0.344. The molecule has 1 aliphatic heterocycles. The molecule has 2 heterocycles. The number of nitrogens with zero attached hydrogens (tertiary/aromatic N) is 2. The number of para-hydroxylation sites is 2. The lowest BCUT2D eigenvalue weighted by Crippen LogP contribution is -2.21. The summed E-state index contributed by atoms with van der Waals surface area (Å²) in [5.41, 5.74) is 0. The number of aromatic nitrogens is 2. The standard InChI is InChI=1S/C13H14N2O3S/c1-8(2)19-13-15-14-12(18-13)11-7-16-9-5-3-4-6-10(9)17-11/h3-6,8,11H,7H2,1-2H3/t11-/m1/s1. The Labute approximate surface area is 115 Å². The van der Waals surface area contributed by atoms with Crippen LogP contribution < -0.4 is 9.47 Å². The van der Waals surface area contributed by atoms with E-state index in [4.69, 9.17) is 13.9 Å². The van der Waals surface area contributed by atoms with Crippen LogP contribution in [0.4, 0.5) is 0 Å². The number of hydrogen-bond donors (Lipinski definition) is 0. The number of rotatable bonds is 3. The van der Waals surface area contributed by atoms with Crippen molar-refractivity contribution in [2.24, 2.45) is 0 Å². The Morgan fingerprint density at radius 2 is 2.00 bits per heavy atom. The van der Waals surface area contributed by atoms with Crippen molar-refractivity contribution < 1.29 is 13.9 Å². The van der Waals surface area contributed by atoms with Crippen molar-refractivity contribution in [3.63, 3.8) is 0 Å². The smallest absolute Gasteiger partial charge is 0.276 e. The molecule has 0 fully saturated rings. The quantitative estimate of drug-likeness (QED) is 0.804. The molecule has 19 heavy (non-hydrogen) atoms. The molecule has 0 unspecified atom stereocenters. The monoisotopic (exact) mass is 278 g/mol. The maximum absolute atomic E-state index is 5.81. The maximum Gasteiger partial charge on any atom is 0.276 e. The van der Waals surface area contributed by atoms with Crippen LogP contribution in [0.15, 0.2) is 33.9 Å². The van der Waals surface area contributed by atoms with Crippen LogP contribution in [0.5, 0.6) is 11.5 Å². The minimum atomic E-state index is -0.344. The molecule has 0 saturated heterocycles. The number of ether oxygens (including phenoxy) is 2. The molecule has 1 aromatic carbocycles. The van der Waals surface area contributed by atoms with Crippen molar-refractivity contribution in [3.05, 3.63) is 30.2 Å². The molecule has 1 atom stereocenters. The van der Waals surface area contributed by atoms with Gasteiger partial charge in [-0.3, -0.25) is 0 Å². The van der Waals surface area contributed by atoms with Gasteiger partial charge in [0, 0.05) is 5.25 Å². The Balaban J connectivity index is 1.76. The molecule has 0 radical (unpaired) electrons. The van der Waals surface area contributed by atoms with Gasteiger partial charge >= 0.3 is 0 Å². The second-order valence-electron chi connectivity index (χ2n) is 4.44. The van der Waals surface area contributed by atoms with Crippen LogP contribution in [0.3, 0.4) is 0 Å². The van der Waals surface area contributed by atoms with Gasteiger partial charge in [0.05, 0.1) is 0 Å². The van der Waals surface area contributed by atoms with E-state index >= 15 is 0 Å². The van der Waals surface area contributed by atoms with Gasteiger partial charge in [-0.15, -0.1) is 10.2 Å². The highest BCUT2D eigenvalue weighted by atomic mass is 32.2. The third-order valence-electron chi connectivity index (χ3n) is 2.54. The molecule has 6 heteroatoms. The molecule has 0 saturated carbocycles. The Hall–Kier alpha value is -1.69. The van der Waals surface area contributed by atoms with Crippen molar-refractivity contribution in [2.45, 2.75) is 30.4 Å². The van der Waals surface area contributed by atoms with E-state index in [-0.39, 0.29) is 6.10 Å². The number of hydrogen-bond acceptors (Lipinski definition) is 6. The van der Waals surface area contributed by atoms with Gasteiger partial charge in [0.1, 0.15) is 6.61 Å². The molecule has 0 spiro atoms. The first-order valence-electron chi connectivity index (χ1n) is 6.11. The largest absolute Gasteiger partial charge is 0.485 e. The molecule has 5 nitrogen and oxygen atoms in total. The summed E-state index contributed by atoms with van der Waals surface area (Å²) >= 11 is 1.53. The average Bonchev–Trinajstić information content (AvgIpc) is 2.86. The van der Waals surface area contributed by atoms with E-state index in [9.17, 15) is 0 Å². The molecule has 0 aliphatic carbocycles. The highest BCUT2D eigenvalue weighted by Gasteiger charge is 2.27. The van der Waals surface area contributed by atoms with Crippen LogP contribution in [0, 0.1) is 0 Å². The van der Waals surface area contributed by atoms with Gasteiger partial charge in [0.2, 0.25) is 6.10 Å². The summed E-state index contributed by atoms with van der Waals surface area (Å²) in [6, 6.07) is 7.55. The fourth-order valence-corrected chi connectivity index (χ4v) is 2.37. The van der Waals surface area contributed by atoms with E-state index in [1.54, 1.807) is 0 Å². The fourth-order valence-electron chi connectivity index (χ4n) is 1.74. The first-order chi connectivity index (χ1) is 9.22. The van der Waals surface area contributed by atoms with Gasteiger partial charge in [0.15, 0.2) is 11.5 Å². The predicted octanol–water partition coefficient (Wildman–Crippen LogP) is 3.08. The lowest BCUT2D eigenvalue weighted by molar-refractivity contribution is 0.0686. The van der Waals surface area contributed by atoms with Crippen LogP contribution in [-0.4, -0.2) is 22.1 Å². The third kappa shape index (κ3) is 2.68. The topological polar surface area (TPSA) is 57.4 Å². The number of thioether (sulfide) groups is 1. The number of benzene rings is 1. The SMILES string of the molecule is CC(C)Sc1nnc([C@H]2COc3ccccc3O2)o1. The molecular weight excluding hydrogens is 264 g/mol. The van der Waals surface area contributed by atoms with Gasteiger partial charge in [-0.05, 0) is 12.1 Å². The lowest BCUT2D eigenvalue weighted by atomic mass is 10.2. The summed E-state index contributed by atoms with van der Waals surface area (Å²) in [5, 5.41) is 8.98. The van der Waals surface area contributed by atoms with E-state index in [1.165, 1.54) is 11.8 Å². The minimum Gasteiger partial charge on any atom is -0.485 e. The molecule has 2 aromatic rings. The zero-order valence-corrected chi connectivity index (χ0v) is 11.5. The second-order valence-corrected chi connectivity index (χ2v) is 5.96. The Bertz CT molecular complexity index is 571. The predicted molar refractivity (Wildman–Crippen MR) is 70.6 cm³/mol. The first-order valence-corrected chi connectivity index (χ1v) is 6.99. The summed E-state index contributed by atoms with van der Waals surface area (Å²) in [6.45, 7) is 4.53. The normalized spacial score (nSPS) is 17.7. The Morgan fingerprint density at radius 3 is 2.79 bits per heavy atom. The second kappa shape index (κ2) is 5.13. The summed E-state index contributed by atoms with van der Waals surface area (Å²) in [7, 11) is 0. The van der Waals surface area contributed by atoms with Gasteiger partial charge in [-0.2, -0.15) is 0 Å². The molecule has 100 valence electrons. The van der Waals surface area contributed by atoms with Crippen LogP contribution in [0.25, 0.3) is 0 Å². The highest BCUT2D eigenvalue weighted by molar-refractivity contribution is 7.99. The molecule has 0 bridgehead atoms. The van der Waals surface area contributed by atoms with E-state index in [1.807, 2.05) is 24.3 Å². The van der Waals surface area contributed by atoms with Crippen molar-refractivity contribution in [1.82, 2.24) is 10.2 Å². The van der Waals surface area contributed by atoms with E-state index < -0.39 is 0 Å². The van der Waals surface area contributed by atoms with Gasteiger partial charge < -0.3 is 13.9 Å². The van der Waals surface area contributed by atoms with E-state index in [0.717, 1.165) is 5.75 Å². The van der Waals surface area contributed by atoms with Crippen molar-refractivity contribution in [1.29, 1.82) is 0 Å². The molecule has 1 aromatic heterocycles. The minimum absolute atomic E-state index is 0.344. The summed E-state index contributed by atoms with van der Waals surface area (Å²) < 4.78 is 17.0. The zero-order valence-electron chi connectivity index (χ0n) is 10.7. The highest BCUT2D eigenvalue weighted by Crippen LogP contribution is 2.36. The van der Waals surface area contributed by atoms with Gasteiger partial charge in [0.25, 0.3) is 11.1 Å². The lowest BCUT2D eigenvalue weighted by Gasteiger charge is -2.23. The van der Waals surface area contributed by atoms with Crippen molar-refractivity contribution >= 4 is 11.8 Å². The van der Waals surface area contributed by atoms with Crippen LogP contribution in [-0.2, 0) is 0 Å². The van der Waals surface area contributed by atoms with Gasteiger partial charge in [-0.1, -0.05) is 37.7 Å². The van der Waals surface area contributed by atoms with Crippen LogP contribution in [0.2, 0.25) is 0 Å². The molecule has 3 rings (SSSR count). The molecule has 0 amide bonds. The Kier molecular flexibility index (Phi) is 3.33.